The predicted octanol–water partition coefficient (Wildman–Crippen LogP) is 0.640. The molecule has 0 saturated carbocycles. The molecule has 78 valence electrons. The fourth-order valence-electron chi connectivity index (χ4n) is 0.386. The van der Waals surface area contributed by atoms with Crippen LogP contribution in [0.5, 0.6) is 0 Å². The molecule has 0 spiro atoms. The van der Waals surface area contributed by atoms with Crippen molar-refractivity contribution in [1.29, 1.82) is 5.41 Å². The van der Waals surface area contributed by atoms with Crippen LogP contribution in [0.2, 0.25) is 0 Å². The minimum Gasteiger partial charge on any atom is -0.317 e. The molecular weight excluding hydrogens is 192 g/mol. The normalized spacial score (nSPS) is 13.5. The number of rotatable bonds is 4. The van der Waals surface area contributed by atoms with Gasteiger partial charge in [0.25, 0.3) is 0 Å². The quantitative estimate of drug-likeness (QED) is 0.525. The van der Waals surface area contributed by atoms with Gasteiger partial charge in [0, 0.05) is 12.2 Å². The summed E-state index contributed by atoms with van der Waals surface area (Å²) in [6.45, 7) is 6.17. The van der Waals surface area contributed by atoms with Crippen LogP contribution in [0, 0.1) is 11.3 Å². The molecule has 0 rings (SSSR count). The fourth-order valence-corrected chi connectivity index (χ4v) is 0.585. The third kappa shape index (κ3) is 9.16. The topological polar surface area (TPSA) is 79.2 Å². The first-order valence-corrected chi connectivity index (χ1v) is 5.22. The number of carbonyl (C=O) groups is 1. The van der Waals surface area contributed by atoms with Crippen molar-refractivity contribution >= 4 is 23.7 Å². The summed E-state index contributed by atoms with van der Waals surface area (Å²) in [5.74, 6) is -0.332. The highest BCUT2D eigenvalue weighted by Gasteiger charge is 2.10. The van der Waals surface area contributed by atoms with Crippen LogP contribution in [-0.4, -0.2) is 23.1 Å². The SMILES string of the molecule is C=N.CCC(C)C(=O)NOS(C)=O. The summed E-state index contributed by atoms with van der Waals surface area (Å²) in [5.41, 5.74) is 2.09. The highest BCUT2D eigenvalue weighted by molar-refractivity contribution is 7.79. The Hall–Kier alpha value is -0.750. The van der Waals surface area contributed by atoms with E-state index in [9.17, 15) is 9.00 Å². The Balaban J connectivity index is 0. The lowest BCUT2D eigenvalue weighted by molar-refractivity contribution is -0.130. The van der Waals surface area contributed by atoms with Crippen molar-refractivity contribution in [3.63, 3.8) is 0 Å². The molecule has 5 nitrogen and oxygen atoms in total. The van der Waals surface area contributed by atoms with E-state index in [1.807, 2.05) is 6.92 Å². The van der Waals surface area contributed by atoms with Crippen LogP contribution in [0.4, 0.5) is 0 Å². The van der Waals surface area contributed by atoms with E-state index in [-0.39, 0.29) is 11.8 Å². The van der Waals surface area contributed by atoms with Gasteiger partial charge in [-0.05, 0) is 13.1 Å². The van der Waals surface area contributed by atoms with Gasteiger partial charge in [-0.25, -0.2) is 9.69 Å². The van der Waals surface area contributed by atoms with Crippen molar-refractivity contribution in [2.24, 2.45) is 5.92 Å². The zero-order valence-corrected chi connectivity index (χ0v) is 8.94. The second kappa shape index (κ2) is 9.34. The Bertz CT molecular complexity index is 175. The molecule has 6 heteroatoms. The van der Waals surface area contributed by atoms with E-state index in [0.717, 1.165) is 6.42 Å². The van der Waals surface area contributed by atoms with Crippen molar-refractivity contribution in [2.45, 2.75) is 20.3 Å². The largest absolute Gasteiger partial charge is 0.317 e. The second-order valence-electron chi connectivity index (χ2n) is 2.26. The first-order chi connectivity index (χ1) is 6.07. The summed E-state index contributed by atoms with van der Waals surface area (Å²) >= 11 is -1.44. The minimum atomic E-state index is -1.44. The molecule has 13 heavy (non-hydrogen) atoms. The highest BCUT2D eigenvalue weighted by atomic mass is 32.2. The average Bonchev–Trinajstić information content (AvgIpc) is 2.16. The Morgan fingerprint density at radius 2 is 2.15 bits per heavy atom. The van der Waals surface area contributed by atoms with Crippen LogP contribution >= 0.6 is 0 Å². The first-order valence-electron chi connectivity index (χ1n) is 3.73. The van der Waals surface area contributed by atoms with Gasteiger partial charge >= 0.3 is 0 Å². The number of hydrogen-bond acceptors (Lipinski definition) is 4. The maximum Gasteiger partial charge on any atom is 0.247 e. The van der Waals surface area contributed by atoms with E-state index in [2.05, 4.69) is 16.5 Å². The van der Waals surface area contributed by atoms with Crippen molar-refractivity contribution in [2.75, 3.05) is 6.26 Å². The minimum absolute atomic E-state index is 0.0986. The second-order valence-corrected chi connectivity index (χ2v) is 3.23. The van der Waals surface area contributed by atoms with Gasteiger partial charge in [0.15, 0.2) is 11.1 Å². The number of nitrogens with one attached hydrogen (secondary N) is 2. The van der Waals surface area contributed by atoms with E-state index < -0.39 is 11.1 Å². The van der Waals surface area contributed by atoms with Crippen LogP contribution in [0.1, 0.15) is 20.3 Å². The van der Waals surface area contributed by atoms with Gasteiger partial charge in [0.1, 0.15) is 0 Å². The van der Waals surface area contributed by atoms with Crippen LogP contribution < -0.4 is 5.48 Å². The van der Waals surface area contributed by atoms with E-state index in [0.29, 0.717) is 0 Å². The third-order valence-corrected chi connectivity index (χ3v) is 1.64. The van der Waals surface area contributed by atoms with Crippen molar-refractivity contribution < 1.29 is 13.3 Å². The van der Waals surface area contributed by atoms with Gasteiger partial charge in [0.2, 0.25) is 5.91 Å². The molecular formula is C7H16N2O3S. The summed E-state index contributed by atoms with van der Waals surface area (Å²) in [6.07, 6.45) is 2.09. The Morgan fingerprint density at radius 3 is 2.46 bits per heavy atom. The lowest BCUT2D eigenvalue weighted by Gasteiger charge is -2.06. The summed E-state index contributed by atoms with van der Waals surface area (Å²) in [6, 6.07) is 0. The van der Waals surface area contributed by atoms with Crippen LogP contribution in [0.3, 0.4) is 0 Å². The number of hydroxylamine groups is 1. The third-order valence-electron chi connectivity index (χ3n) is 1.32. The highest BCUT2D eigenvalue weighted by Crippen LogP contribution is 1.99. The van der Waals surface area contributed by atoms with Crippen molar-refractivity contribution in [3.8, 4) is 0 Å². The smallest absolute Gasteiger partial charge is 0.247 e. The molecule has 0 aromatic rings. The maximum atomic E-state index is 10.9. The van der Waals surface area contributed by atoms with E-state index in [1.165, 1.54) is 6.26 Å². The lowest BCUT2D eigenvalue weighted by Crippen LogP contribution is -2.29. The Morgan fingerprint density at radius 1 is 1.69 bits per heavy atom. The molecule has 0 aliphatic carbocycles. The zero-order chi connectivity index (χ0) is 10.9. The van der Waals surface area contributed by atoms with Gasteiger partial charge in [-0.15, -0.1) is 0 Å². The van der Waals surface area contributed by atoms with Crippen LogP contribution in [-0.2, 0) is 20.2 Å². The average molecular weight is 208 g/mol. The summed E-state index contributed by atoms with van der Waals surface area (Å²) in [7, 11) is 0. The Labute approximate surface area is 81.0 Å². The molecule has 0 heterocycles. The molecule has 0 radical (unpaired) electrons. The molecule has 2 N–H and O–H groups in total. The zero-order valence-electron chi connectivity index (χ0n) is 8.12. The standard InChI is InChI=1S/C6H13NO3S.CH3N/c1-4-5(2)6(8)7-10-11(3)9;1-2/h5H,4H2,1-3H3,(H,7,8);2H,1H2. The molecule has 0 fully saturated rings. The van der Waals surface area contributed by atoms with Gasteiger partial charge in [-0.2, -0.15) is 4.28 Å². The molecule has 0 aromatic heterocycles. The van der Waals surface area contributed by atoms with Gasteiger partial charge in [0.05, 0.1) is 0 Å². The van der Waals surface area contributed by atoms with Gasteiger partial charge in [-0.3, -0.25) is 4.79 Å². The summed E-state index contributed by atoms with van der Waals surface area (Å²) in [4.78, 5) is 10.9. The first kappa shape index (κ1) is 14.8. The molecule has 1 amide bonds. The Kier molecular flexibility index (Phi) is 10.6. The van der Waals surface area contributed by atoms with Gasteiger partial charge < -0.3 is 5.41 Å². The molecule has 0 aromatic carbocycles. The fraction of sp³-hybridized carbons (Fsp3) is 0.714. The van der Waals surface area contributed by atoms with Crippen LogP contribution in [0.25, 0.3) is 0 Å². The van der Waals surface area contributed by atoms with Gasteiger partial charge in [-0.1, -0.05) is 13.8 Å². The summed E-state index contributed by atoms with van der Waals surface area (Å²) < 4.78 is 14.7. The van der Waals surface area contributed by atoms with Crippen molar-refractivity contribution in [1.82, 2.24) is 5.48 Å². The van der Waals surface area contributed by atoms with E-state index in [4.69, 9.17) is 5.41 Å². The van der Waals surface area contributed by atoms with Crippen molar-refractivity contribution in [3.05, 3.63) is 0 Å². The molecule has 0 saturated heterocycles. The van der Waals surface area contributed by atoms with Crippen LogP contribution in [0.15, 0.2) is 0 Å². The number of carbonyl (C=O) groups excluding carboxylic acids is 1. The predicted molar refractivity (Wildman–Crippen MR) is 52.6 cm³/mol. The molecule has 0 bridgehead atoms. The maximum absolute atomic E-state index is 10.9. The monoisotopic (exact) mass is 208 g/mol. The molecule has 2 atom stereocenters. The molecule has 0 aliphatic heterocycles. The summed E-state index contributed by atoms with van der Waals surface area (Å²) in [5, 5.41) is 5.50. The molecule has 2 unspecified atom stereocenters. The van der Waals surface area contributed by atoms with E-state index in [1.54, 1.807) is 6.92 Å². The lowest BCUT2D eigenvalue weighted by atomic mass is 10.1. The number of amides is 1. The molecule has 0 aliphatic rings. The number of hydrogen-bond donors (Lipinski definition) is 2. The van der Waals surface area contributed by atoms with E-state index >= 15 is 0 Å².